The fourth-order valence-electron chi connectivity index (χ4n) is 21.8. The Morgan fingerprint density at radius 2 is 0.470 bits per heavy atom. The van der Waals surface area contributed by atoms with Gasteiger partial charge in [0.25, 0.3) is 0 Å². The van der Waals surface area contributed by atoms with Crippen LogP contribution in [-0.2, 0) is 0 Å². The minimum atomic E-state index is 0.593. The predicted molar refractivity (Wildman–Crippen MR) is 615 cm³/mol. The van der Waals surface area contributed by atoms with E-state index in [2.05, 4.69) is 328 Å². The Kier molecular flexibility index (Phi) is 21.5. The van der Waals surface area contributed by atoms with Gasteiger partial charge in [0.1, 0.15) is 22.3 Å². The summed E-state index contributed by atoms with van der Waals surface area (Å²) in [4.78, 5) is 45.5. The number of fused-ring (bicyclic) bond motifs is 18. The highest BCUT2D eigenvalue weighted by atomic mass is 32.1. The van der Waals surface area contributed by atoms with Crippen LogP contribution in [0.5, 0.6) is 0 Å². The summed E-state index contributed by atoms with van der Waals surface area (Å²) in [5.74, 6) is 5.72. The monoisotopic (exact) mass is 1920 g/mol. The number of hydrogen-bond donors (Lipinski definition) is 0. The zero-order valence-corrected chi connectivity index (χ0v) is 81.0. The lowest BCUT2D eigenvalue weighted by molar-refractivity contribution is 0.668. The van der Waals surface area contributed by atoms with Gasteiger partial charge in [-0.15, -0.1) is 11.3 Å². The average molecular weight is 1920 g/mol. The van der Waals surface area contributed by atoms with Crippen molar-refractivity contribution in [1.82, 2.24) is 44.9 Å². The summed E-state index contributed by atoms with van der Waals surface area (Å²) in [6.07, 6.45) is 0. The molecule has 1 aliphatic carbocycles. The molecule has 30 rings (SSSR count). The van der Waals surface area contributed by atoms with Crippen molar-refractivity contribution in [3.63, 3.8) is 0 Å². The van der Waals surface area contributed by atoms with Gasteiger partial charge >= 0.3 is 0 Å². The van der Waals surface area contributed by atoms with E-state index in [1.807, 2.05) is 187 Å². The third-order valence-corrected chi connectivity index (χ3v) is 29.9. The normalized spacial score (nSPS) is 11.6. The number of nitrogens with zero attached hydrogens (tertiary/aromatic N) is 9. The second-order valence-electron chi connectivity index (χ2n) is 37.5. The van der Waals surface area contributed by atoms with Gasteiger partial charge in [-0.25, -0.2) is 44.9 Å². The molecule has 29 aromatic rings. The van der Waals surface area contributed by atoms with Crippen LogP contribution in [0, 0.1) is 0 Å². The molecule has 149 heavy (non-hydrogen) atoms. The molecule has 0 bridgehead atoms. The van der Waals surface area contributed by atoms with Crippen LogP contribution >= 0.6 is 11.3 Å². The van der Waals surface area contributed by atoms with Gasteiger partial charge in [-0.1, -0.05) is 437 Å². The fourth-order valence-corrected chi connectivity index (χ4v) is 22.9. The maximum Gasteiger partial charge on any atom is 0.164 e. The number of rotatable bonds is 14. The van der Waals surface area contributed by atoms with E-state index >= 15 is 0 Å². The molecule has 0 N–H and O–H groups in total. The van der Waals surface area contributed by atoms with Gasteiger partial charge in [-0.3, -0.25) is 0 Å². The third kappa shape index (κ3) is 15.7. The predicted octanol–water partition coefficient (Wildman–Crippen LogP) is 36.5. The second kappa shape index (κ2) is 36.9. The molecule has 0 aliphatic heterocycles. The van der Waals surface area contributed by atoms with Gasteiger partial charge in [-0.2, -0.15) is 0 Å². The van der Waals surface area contributed by atoms with Crippen molar-refractivity contribution >= 4 is 129 Å². The van der Waals surface area contributed by atoms with Gasteiger partial charge in [0.15, 0.2) is 52.4 Å². The molecular weight excluding hydrogens is 1840 g/mol. The Morgan fingerprint density at radius 1 is 0.128 bits per heavy atom. The topological polar surface area (TPSA) is 142 Å². The molecule has 11 nitrogen and oxygen atoms in total. The Labute approximate surface area is 860 Å². The largest absolute Gasteiger partial charge is 0.456 e. The highest BCUT2D eigenvalue weighted by molar-refractivity contribution is 7.26. The summed E-state index contributed by atoms with van der Waals surface area (Å²) in [6, 6.07) is 176. The molecule has 0 radical (unpaired) electrons. The van der Waals surface area contributed by atoms with Crippen LogP contribution < -0.4 is 0 Å². The van der Waals surface area contributed by atoms with Crippen molar-refractivity contribution in [2.24, 2.45) is 0 Å². The van der Waals surface area contributed by atoms with E-state index in [1.54, 1.807) is 0 Å². The van der Waals surface area contributed by atoms with Crippen molar-refractivity contribution < 1.29 is 8.83 Å². The molecule has 0 unspecified atom stereocenters. The Hall–Kier alpha value is -19.8. The van der Waals surface area contributed by atoms with Crippen LogP contribution in [0.3, 0.4) is 0 Å². The summed E-state index contributed by atoms with van der Waals surface area (Å²) >= 11 is 1.81. The smallest absolute Gasteiger partial charge is 0.164 e. The van der Waals surface area contributed by atoms with Crippen molar-refractivity contribution in [3.05, 3.63) is 504 Å². The molecule has 23 aromatic carbocycles. The van der Waals surface area contributed by atoms with Crippen LogP contribution in [0.25, 0.3) is 298 Å². The molecule has 0 atom stereocenters. The second-order valence-corrected chi connectivity index (χ2v) is 38.6. The van der Waals surface area contributed by atoms with Crippen LogP contribution in [0.2, 0.25) is 0 Å². The lowest BCUT2D eigenvalue weighted by Gasteiger charge is -2.13. The molecule has 12 heteroatoms. The molecule has 6 heterocycles. The van der Waals surface area contributed by atoms with E-state index in [1.165, 1.54) is 113 Å². The van der Waals surface area contributed by atoms with Gasteiger partial charge in [0, 0.05) is 91.8 Å². The van der Waals surface area contributed by atoms with E-state index in [4.69, 9.17) is 53.7 Å². The maximum atomic E-state index is 6.66. The molecule has 1 aliphatic rings. The van der Waals surface area contributed by atoms with Gasteiger partial charge in [0.05, 0.1) is 0 Å². The first kappa shape index (κ1) is 87.0. The molecule has 0 saturated carbocycles. The lowest BCUT2D eigenvalue weighted by Crippen LogP contribution is -2.01. The Balaban J connectivity index is 0.000000108. The van der Waals surface area contributed by atoms with Crippen molar-refractivity contribution in [2.45, 2.75) is 0 Å². The zero-order chi connectivity index (χ0) is 98.4. The minimum absolute atomic E-state index is 0.593. The van der Waals surface area contributed by atoms with Crippen LogP contribution in [-0.4, -0.2) is 44.9 Å². The number of hydrogen-bond acceptors (Lipinski definition) is 12. The number of aromatic nitrogens is 9. The standard InChI is InChI=1S/C49H29N3O.C47H29N3O.C41H25N3S/c1-3-13-30(14-4-1)47-50-48(31-15-5-2-6-16-31)52-49(51-47)41-20-10-9-19-36(41)39-23-12-24-43-46(39)42-26-25-32(29-44(42)53-43)33-27-28-40-35-18-8-7-17-34(35)38-22-11-21-37(33)45(38)40;1-3-14-30(15-4-1)32-19-11-20-34(28-32)46-48-45(31-16-5-2-6-17-31)49-47(50-46)39-25-13-27-42-44(39)43-38(24-12-26-41(43)51-42)40-29-33-18-7-8-21-35(33)36-22-9-10-23-37(36)40;1-3-11-27(12-4-1)39-42-40(28-13-5-2-6-14-28)44-41(43-39)34-16-9-17-37-38(34)35-25-30(21-23-36(35)45-37)29-20-22-33-31(24-29)19-18-26-10-7-8-15-32(26)33/h1-29H;1-29H;1-25H. The SMILES string of the molecule is c1ccc(-c2cccc(-c3nc(-c4ccccc4)nc(-c4cccc5oc6cccc(-c7cc8ccccc8c8ccccc78)c6c45)n3)c2)cc1.c1ccc(-c2nc(-c3ccccc3)nc(-c3cccc4sc5ccc(-c6ccc7c(ccc8ccccc87)c6)cc5c34)n2)cc1.c1ccc(-c2nc(-c3ccccc3)nc(-c3ccccc3-c3cccc4oc5cc(-c6ccc7c8c(cccc68)-c6ccccc6-7)ccc5c34)n2)cc1. The first-order valence-corrected chi connectivity index (χ1v) is 50.8. The van der Waals surface area contributed by atoms with E-state index in [0.29, 0.717) is 52.4 Å². The molecule has 0 amide bonds. The first-order valence-electron chi connectivity index (χ1n) is 50.0. The van der Waals surface area contributed by atoms with Gasteiger partial charge in [0.2, 0.25) is 0 Å². The fraction of sp³-hybridized carbons (Fsp3) is 0. The Morgan fingerprint density at radius 3 is 1.06 bits per heavy atom. The van der Waals surface area contributed by atoms with E-state index in [0.717, 1.165) is 133 Å². The van der Waals surface area contributed by atoms with E-state index < -0.39 is 0 Å². The summed E-state index contributed by atoms with van der Waals surface area (Å²) in [7, 11) is 0. The molecule has 0 saturated heterocycles. The minimum Gasteiger partial charge on any atom is -0.456 e. The quantitative estimate of drug-likeness (QED) is 0.0960. The zero-order valence-electron chi connectivity index (χ0n) is 80.2. The van der Waals surface area contributed by atoms with Crippen molar-refractivity contribution in [3.8, 4) is 180 Å². The van der Waals surface area contributed by atoms with Crippen molar-refractivity contribution in [1.29, 1.82) is 0 Å². The van der Waals surface area contributed by atoms with E-state index in [-0.39, 0.29) is 0 Å². The number of benzene rings is 23. The highest BCUT2D eigenvalue weighted by Gasteiger charge is 2.28. The third-order valence-electron chi connectivity index (χ3n) is 28.7. The number of thiophene rings is 1. The highest BCUT2D eigenvalue weighted by Crippen LogP contribution is 2.53. The maximum absolute atomic E-state index is 6.66. The van der Waals surface area contributed by atoms with Gasteiger partial charge < -0.3 is 8.83 Å². The summed E-state index contributed by atoms with van der Waals surface area (Å²) < 4.78 is 15.7. The molecule has 6 aromatic heterocycles. The first-order chi connectivity index (χ1) is 73.8. The van der Waals surface area contributed by atoms with Crippen LogP contribution in [0.15, 0.2) is 512 Å². The van der Waals surface area contributed by atoms with Crippen LogP contribution in [0.1, 0.15) is 0 Å². The average Bonchev–Trinajstić information content (AvgIpc) is 1.59. The molecular formula is C137H83N9O2S. The lowest BCUT2D eigenvalue weighted by atomic mass is 9.90. The van der Waals surface area contributed by atoms with Crippen molar-refractivity contribution in [2.75, 3.05) is 0 Å². The summed E-state index contributed by atoms with van der Waals surface area (Å²) in [5.41, 5.74) is 28.3. The summed E-state index contributed by atoms with van der Waals surface area (Å²) in [5, 5.41) is 19.0. The number of furan rings is 2. The van der Waals surface area contributed by atoms with Crippen LogP contribution in [0.4, 0.5) is 0 Å². The molecule has 0 spiro atoms. The molecule has 694 valence electrons. The molecule has 0 fully saturated rings. The summed E-state index contributed by atoms with van der Waals surface area (Å²) in [6.45, 7) is 0. The van der Waals surface area contributed by atoms with Gasteiger partial charge in [-0.05, 0) is 198 Å². The van der Waals surface area contributed by atoms with E-state index in [9.17, 15) is 0 Å². The Bertz CT molecular complexity index is 10200.